The standard InChI is InChI=1S/C26H22.C4H10.C2H5N/c1-19-13-14-26(20(2)15-19)25-17-23(21-9-5-3-6-10-21)16-24(18-25)22-11-7-4-8-12-22;1-3-4-2;1-2-3/h3-18H,1-2H3;3-4H2,1-2H3;2-3H,1H3. The molecule has 0 amide bonds. The van der Waals surface area contributed by atoms with Gasteiger partial charge in [-0.3, -0.25) is 0 Å². The van der Waals surface area contributed by atoms with Crippen molar-refractivity contribution in [2.24, 2.45) is 0 Å². The van der Waals surface area contributed by atoms with Crippen molar-refractivity contribution in [3.63, 3.8) is 0 Å². The van der Waals surface area contributed by atoms with Crippen LogP contribution in [-0.2, 0) is 0 Å². The molecule has 4 aromatic rings. The van der Waals surface area contributed by atoms with Gasteiger partial charge in [0, 0.05) is 0 Å². The van der Waals surface area contributed by atoms with E-state index in [2.05, 4.69) is 125 Å². The van der Waals surface area contributed by atoms with Gasteiger partial charge in [-0.1, -0.05) is 111 Å². The first-order valence-corrected chi connectivity index (χ1v) is 11.8. The van der Waals surface area contributed by atoms with Crippen LogP contribution >= 0.6 is 0 Å². The maximum absolute atomic E-state index is 6.08. The van der Waals surface area contributed by atoms with E-state index in [0.29, 0.717) is 0 Å². The van der Waals surface area contributed by atoms with Crippen LogP contribution in [0.2, 0.25) is 0 Å². The summed E-state index contributed by atoms with van der Waals surface area (Å²) in [6.45, 7) is 10.4. The Morgan fingerprint density at radius 2 is 1.00 bits per heavy atom. The molecule has 4 aromatic carbocycles. The molecule has 1 heteroatoms. The number of aryl methyl sites for hydroxylation is 2. The molecule has 0 aliphatic rings. The molecule has 0 aromatic heterocycles. The third kappa shape index (κ3) is 7.88. The number of hydrogen-bond donors (Lipinski definition) is 1. The number of benzene rings is 4. The van der Waals surface area contributed by atoms with E-state index in [9.17, 15) is 0 Å². The van der Waals surface area contributed by atoms with Crippen molar-refractivity contribution in [2.45, 2.75) is 47.5 Å². The van der Waals surface area contributed by atoms with E-state index >= 15 is 0 Å². The molecule has 0 saturated carbocycles. The van der Waals surface area contributed by atoms with Crippen LogP contribution in [0.5, 0.6) is 0 Å². The fourth-order valence-electron chi connectivity index (χ4n) is 3.52. The van der Waals surface area contributed by atoms with Crippen molar-refractivity contribution >= 4 is 6.21 Å². The third-order valence-electron chi connectivity index (χ3n) is 5.34. The zero-order valence-corrected chi connectivity index (χ0v) is 20.7. The largest absolute Gasteiger partial charge is 0.313 e. The first kappa shape index (κ1) is 25.8. The molecule has 0 radical (unpaired) electrons. The van der Waals surface area contributed by atoms with Crippen molar-refractivity contribution in [1.29, 1.82) is 5.41 Å². The van der Waals surface area contributed by atoms with Crippen molar-refractivity contribution in [3.8, 4) is 33.4 Å². The molecule has 0 bridgehead atoms. The minimum atomic E-state index is 1.25. The molecule has 0 aliphatic carbocycles. The highest BCUT2D eigenvalue weighted by molar-refractivity contribution is 5.82. The summed E-state index contributed by atoms with van der Waals surface area (Å²) in [7, 11) is 0. The summed E-state index contributed by atoms with van der Waals surface area (Å²) in [5.74, 6) is 0. The Morgan fingerprint density at radius 3 is 1.39 bits per heavy atom. The Bertz CT molecular complexity index is 1050. The van der Waals surface area contributed by atoms with Crippen molar-refractivity contribution in [2.75, 3.05) is 0 Å². The second-order valence-corrected chi connectivity index (χ2v) is 8.14. The van der Waals surface area contributed by atoms with Gasteiger partial charge in [-0.2, -0.15) is 0 Å². The monoisotopic (exact) mass is 435 g/mol. The summed E-state index contributed by atoms with van der Waals surface area (Å²) in [6.07, 6.45) is 3.89. The van der Waals surface area contributed by atoms with Gasteiger partial charge in [0.25, 0.3) is 0 Å². The second kappa shape index (κ2) is 13.9. The quantitative estimate of drug-likeness (QED) is 0.308. The Hall–Kier alpha value is -3.45. The van der Waals surface area contributed by atoms with E-state index in [1.165, 1.54) is 63.6 Å². The average molecular weight is 436 g/mol. The molecule has 1 N–H and O–H groups in total. The first-order valence-electron chi connectivity index (χ1n) is 11.8. The lowest BCUT2D eigenvalue weighted by Gasteiger charge is -2.13. The fraction of sp³-hybridized carbons (Fsp3) is 0.219. The first-order chi connectivity index (χ1) is 16.0. The number of nitrogens with one attached hydrogen (secondary N) is 1. The van der Waals surface area contributed by atoms with E-state index in [-0.39, 0.29) is 0 Å². The molecule has 33 heavy (non-hydrogen) atoms. The van der Waals surface area contributed by atoms with Crippen LogP contribution in [0.15, 0.2) is 97.1 Å². The molecular formula is C32H37N. The Kier molecular flexibility index (Phi) is 10.8. The number of unbranched alkanes of at least 4 members (excludes halogenated alkanes) is 1. The number of hydrogen-bond acceptors (Lipinski definition) is 1. The predicted molar refractivity (Wildman–Crippen MR) is 147 cm³/mol. The van der Waals surface area contributed by atoms with E-state index in [0.717, 1.165) is 0 Å². The summed E-state index contributed by atoms with van der Waals surface area (Å²) in [5.41, 5.74) is 10.2. The highest BCUT2D eigenvalue weighted by Crippen LogP contribution is 2.34. The molecule has 0 spiro atoms. The summed E-state index contributed by atoms with van der Waals surface area (Å²) < 4.78 is 0. The van der Waals surface area contributed by atoms with Gasteiger partial charge in [-0.15, -0.1) is 0 Å². The lowest BCUT2D eigenvalue weighted by atomic mass is 9.91. The Labute approximate surface area is 200 Å². The topological polar surface area (TPSA) is 23.9 Å². The highest BCUT2D eigenvalue weighted by Gasteiger charge is 2.09. The maximum atomic E-state index is 6.08. The Morgan fingerprint density at radius 1 is 0.576 bits per heavy atom. The molecule has 170 valence electrons. The number of rotatable bonds is 4. The molecule has 0 saturated heterocycles. The van der Waals surface area contributed by atoms with E-state index in [1.54, 1.807) is 6.92 Å². The van der Waals surface area contributed by atoms with Crippen LogP contribution in [0.25, 0.3) is 33.4 Å². The van der Waals surface area contributed by atoms with Gasteiger partial charge in [-0.25, -0.2) is 0 Å². The van der Waals surface area contributed by atoms with Gasteiger partial charge in [0.1, 0.15) is 0 Å². The zero-order valence-electron chi connectivity index (χ0n) is 20.7. The molecule has 0 fully saturated rings. The Balaban J connectivity index is 0.000000489. The molecule has 0 heterocycles. The van der Waals surface area contributed by atoms with Gasteiger partial charge in [0.2, 0.25) is 0 Å². The lowest BCUT2D eigenvalue weighted by molar-refractivity contribution is 0.886. The fourth-order valence-corrected chi connectivity index (χ4v) is 3.52. The molecule has 0 atom stereocenters. The maximum Gasteiger partial charge on any atom is -0.00788 e. The zero-order chi connectivity index (χ0) is 24.1. The van der Waals surface area contributed by atoms with Gasteiger partial charge in [0.15, 0.2) is 0 Å². The van der Waals surface area contributed by atoms with Gasteiger partial charge in [-0.05, 0) is 84.1 Å². The van der Waals surface area contributed by atoms with Crippen LogP contribution < -0.4 is 0 Å². The predicted octanol–water partition coefficient (Wildman–Crippen LogP) is 9.77. The normalized spacial score (nSPS) is 9.73. The summed E-state index contributed by atoms with van der Waals surface area (Å²) in [4.78, 5) is 0. The van der Waals surface area contributed by atoms with Crippen molar-refractivity contribution < 1.29 is 0 Å². The SMILES string of the molecule is CC=N.CCCC.Cc1ccc(-c2cc(-c3ccccc3)cc(-c3ccccc3)c2)c(C)c1. The van der Waals surface area contributed by atoms with Gasteiger partial charge in [0.05, 0.1) is 0 Å². The highest BCUT2D eigenvalue weighted by atomic mass is 14.3. The van der Waals surface area contributed by atoms with Gasteiger partial charge < -0.3 is 5.41 Å². The van der Waals surface area contributed by atoms with Crippen LogP contribution in [0, 0.1) is 19.3 Å². The lowest BCUT2D eigenvalue weighted by Crippen LogP contribution is -1.89. The van der Waals surface area contributed by atoms with Crippen LogP contribution in [0.4, 0.5) is 0 Å². The molecule has 0 unspecified atom stereocenters. The molecular weight excluding hydrogens is 398 g/mol. The smallest absolute Gasteiger partial charge is 0.00788 e. The summed E-state index contributed by atoms with van der Waals surface area (Å²) >= 11 is 0. The minimum absolute atomic E-state index is 1.25. The second-order valence-electron chi connectivity index (χ2n) is 8.14. The van der Waals surface area contributed by atoms with Crippen molar-refractivity contribution in [1.82, 2.24) is 0 Å². The minimum Gasteiger partial charge on any atom is -0.313 e. The van der Waals surface area contributed by atoms with E-state index in [1.807, 2.05) is 0 Å². The molecule has 1 nitrogen and oxygen atoms in total. The van der Waals surface area contributed by atoms with Crippen LogP contribution in [-0.4, -0.2) is 6.21 Å². The third-order valence-corrected chi connectivity index (χ3v) is 5.34. The van der Waals surface area contributed by atoms with Gasteiger partial charge >= 0.3 is 0 Å². The van der Waals surface area contributed by atoms with Crippen LogP contribution in [0.3, 0.4) is 0 Å². The summed E-state index contributed by atoms with van der Waals surface area (Å²) in [6, 6.07) is 34.8. The average Bonchev–Trinajstić information content (AvgIpc) is 2.85. The summed E-state index contributed by atoms with van der Waals surface area (Å²) in [5, 5.41) is 6.08. The molecule has 0 aliphatic heterocycles. The molecule has 4 rings (SSSR count). The van der Waals surface area contributed by atoms with E-state index < -0.39 is 0 Å². The van der Waals surface area contributed by atoms with E-state index in [4.69, 9.17) is 5.41 Å². The van der Waals surface area contributed by atoms with Crippen LogP contribution in [0.1, 0.15) is 44.7 Å². The van der Waals surface area contributed by atoms with Crippen molar-refractivity contribution in [3.05, 3.63) is 108 Å².